The van der Waals surface area contributed by atoms with Gasteiger partial charge in [0.2, 0.25) is 6.29 Å². The van der Waals surface area contributed by atoms with Gasteiger partial charge in [-0.05, 0) is 35.4 Å². The Hall–Kier alpha value is -2.64. The summed E-state index contributed by atoms with van der Waals surface area (Å²) in [6, 6.07) is 10.5. The first-order chi connectivity index (χ1) is 17.9. The summed E-state index contributed by atoms with van der Waals surface area (Å²) in [6.07, 6.45) is -7.41. The minimum absolute atomic E-state index is 0.0689. The second-order valence-corrected chi connectivity index (χ2v) is 9.49. The van der Waals surface area contributed by atoms with E-state index in [4.69, 9.17) is 28.4 Å². The summed E-state index contributed by atoms with van der Waals surface area (Å²) < 4.78 is 34.3. The van der Waals surface area contributed by atoms with E-state index in [1.54, 1.807) is 24.3 Å². The second-order valence-electron chi connectivity index (χ2n) is 9.49. The molecule has 3 heterocycles. The molecule has 3 saturated heterocycles. The third-order valence-corrected chi connectivity index (χ3v) is 7.40. The van der Waals surface area contributed by atoms with Crippen LogP contribution < -0.4 is 14.2 Å². The normalized spacial score (nSPS) is 35.2. The molecule has 37 heavy (non-hydrogen) atoms. The number of benzene rings is 2. The van der Waals surface area contributed by atoms with Crippen LogP contribution in [0.15, 0.2) is 36.4 Å². The van der Waals surface area contributed by atoms with Gasteiger partial charge < -0.3 is 54.0 Å². The maximum atomic E-state index is 10.3. The van der Waals surface area contributed by atoms with Crippen molar-refractivity contribution in [3.8, 4) is 23.0 Å². The molecule has 0 radical (unpaired) electrons. The quantitative estimate of drug-likeness (QED) is 0.349. The Labute approximate surface area is 213 Å². The molecule has 0 aliphatic carbocycles. The van der Waals surface area contributed by atoms with Crippen molar-refractivity contribution in [3.05, 3.63) is 47.5 Å². The third kappa shape index (κ3) is 4.72. The topological polar surface area (TPSA) is 157 Å². The van der Waals surface area contributed by atoms with Gasteiger partial charge in [-0.25, -0.2) is 0 Å². The summed E-state index contributed by atoms with van der Waals surface area (Å²) in [7, 11) is 2.98. The summed E-state index contributed by atoms with van der Waals surface area (Å²) in [4.78, 5) is 0. The number of methoxy groups -OCH3 is 2. The fourth-order valence-corrected chi connectivity index (χ4v) is 5.35. The van der Waals surface area contributed by atoms with Crippen molar-refractivity contribution < 1.29 is 54.0 Å². The third-order valence-electron chi connectivity index (χ3n) is 7.40. The van der Waals surface area contributed by atoms with E-state index in [1.165, 1.54) is 14.2 Å². The molecule has 0 aromatic heterocycles. The van der Waals surface area contributed by atoms with Gasteiger partial charge in [0.05, 0.1) is 46.2 Å². The number of hydrogen-bond acceptors (Lipinski definition) is 11. The van der Waals surface area contributed by atoms with E-state index in [2.05, 4.69) is 0 Å². The second kappa shape index (κ2) is 10.6. The average Bonchev–Trinajstić information content (AvgIpc) is 3.52. The summed E-state index contributed by atoms with van der Waals surface area (Å²) in [5.74, 6) is 1.27. The Bertz CT molecular complexity index is 1090. The van der Waals surface area contributed by atoms with Gasteiger partial charge >= 0.3 is 0 Å². The molecule has 5 N–H and O–H groups in total. The lowest BCUT2D eigenvalue weighted by Crippen LogP contribution is -2.60. The lowest BCUT2D eigenvalue weighted by Gasteiger charge is -2.39. The highest BCUT2D eigenvalue weighted by Crippen LogP contribution is 2.51. The lowest BCUT2D eigenvalue weighted by atomic mass is 9.85. The van der Waals surface area contributed by atoms with Crippen LogP contribution in [0.25, 0.3) is 0 Å². The Kier molecular flexibility index (Phi) is 7.46. The highest BCUT2D eigenvalue weighted by Gasteiger charge is 2.49. The molecule has 202 valence electrons. The van der Waals surface area contributed by atoms with Gasteiger partial charge in [0.15, 0.2) is 23.0 Å². The summed E-state index contributed by atoms with van der Waals surface area (Å²) >= 11 is 0. The maximum absolute atomic E-state index is 10.3. The van der Waals surface area contributed by atoms with Crippen LogP contribution in [0.5, 0.6) is 23.0 Å². The molecule has 0 saturated carbocycles. The summed E-state index contributed by atoms with van der Waals surface area (Å²) in [6.45, 7) is 0.436. The number of fused-ring (bicyclic) bond motifs is 1. The lowest BCUT2D eigenvalue weighted by molar-refractivity contribution is -0.277. The minimum atomic E-state index is -1.55. The van der Waals surface area contributed by atoms with Crippen molar-refractivity contribution in [1.29, 1.82) is 0 Å². The first-order valence-electron chi connectivity index (χ1n) is 12.1. The Balaban J connectivity index is 1.32. The van der Waals surface area contributed by atoms with Crippen molar-refractivity contribution >= 4 is 0 Å². The molecule has 3 fully saturated rings. The highest BCUT2D eigenvalue weighted by molar-refractivity contribution is 5.45. The fourth-order valence-electron chi connectivity index (χ4n) is 5.35. The van der Waals surface area contributed by atoms with Crippen LogP contribution >= 0.6 is 0 Å². The molecule has 2 aromatic carbocycles. The SMILES string of the molecule is COc1cc([C@H]2OC[C@H]3[C@@H]2CO[C@@H]3c2ccc(OC3OC(CO)C(O)C(O)C3O)c(OC)c2)ccc1O. The average molecular weight is 521 g/mol. The number of ether oxygens (including phenoxy) is 6. The molecule has 0 bridgehead atoms. The Morgan fingerprint density at radius 2 is 1.38 bits per heavy atom. The molecule has 2 aromatic rings. The number of hydrogen-bond donors (Lipinski definition) is 5. The molecular formula is C26H32O11. The number of aromatic hydroxyl groups is 1. The zero-order chi connectivity index (χ0) is 26.3. The Morgan fingerprint density at radius 1 is 0.784 bits per heavy atom. The van der Waals surface area contributed by atoms with Crippen molar-refractivity contribution in [2.24, 2.45) is 11.8 Å². The molecule has 0 amide bonds. The van der Waals surface area contributed by atoms with E-state index < -0.39 is 37.3 Å². The van der Waals surface area contributed by atoms with Crippen LogP contribution in [0, 0.1) is 11.8 Å². The van der Waals surface area contributed by atoms with Crippen LogP contribution in [0.4, 0.5) is 0 Å². The molecule has 5 rings (SSSR count). The van der Waals surface area contributed by atoms with E-state index in [0.717, 1.165) is 11.1 Å². The number of aliphatic hydroxyl groups is 4. The van der Waals surface area contributed by atoms with Gasteiger partial charge in [-0.2, -0.15) is 0 Å². The van der Waals surface area contributed by atoms with Crippen molar-refractivity contribution in [2.75, 3.05) is 34.0 Å². The van der Waals surface area contributed by atoms with E-state index in [0.29, 0.717) is 24.7 Å². The summed E-state index contributed by atoms with van der Waals surface area (Å²) in [5.41, 5.74) is 1.77. The van der Waals surface area contributed by atoms with Crippen molar-refractivity contribution in [1.82, 2.24) is 0 Å². The molecule has 3 aliphatic heterocycles. The first kappa shape index (κ1) is 26.0. The van der Waals surface area contributed by atoms with Crippen LogP contribution in [-0.4, -0.2) is 90.3 Å². The van der Waals surface area contributed by atoms with Gasteiger partial charge in [-0.1, -0.05) is 12.1 Å². The van der Waals surface area contributed by atoms with Gasteiger partial charge in [0.1, 0.15) is 24.4 Å². The molecule has 5 unspecified atom stereocenters. The molecule has 0 spiro atoms. The fraction of sp³-hybridized carbons (Fsp3) is 0.538. The van der Waals surface area contributed by atoms with Gasteiger partial charge in [-0.15, -0.1) is 0 Å². The van der Waals surface area contributed by atoms with Gasteiger partial charge in [-0.3, -0.25) is 0 Å². The Morgan fingerprint density at radius 3 is 1.97 bits per heavy atom. The largest absolute Gasteiger partial charge is 0.504 e. The molecule has 11 heteroatoms. The molecule has 11 nitrogen and oxygen atoms in total. The number of phenolic OH excluding ortho intramolecular Hbond substituents is 1. The number of phenols is 1. The van der Waals surface area contributed by atoms with E-state index in [-0.39, 0.29) is 35.5 Å². The van der Waals surface area contributed by atoms with Crippen LogP contribution in [0.2, 0.25) is 0 Å². The van der Waals surface area contributed by atoms with Gasteiger partial charge in [0, 0.05) is 11.8 Å². The van der Waals surface area contributed by atoms with Crippen molar-refractivity contribution in [2.45, 2.75) is 42.9 Å². The van der Waals surface area contributed by atoms with E-state index in [1.807, 2.05) is 12.1 Å². The highest BCUT2D eigenvalue weighted by atomic mass is 16.7. The monoisotopic (exact) mass is 520 g/mol. The predicted molar refractivity (Wildman–Crippen MR) is 126 cm³/mol. The van der Waals surface area contributed by atoms with Gasteiger partial charge in [0.25, 0.3) is 0 Å². The van der Waals surface area contributed by atoms with Crippen LogP contribution in [0.3, 0.4) is 0 Å². The standard InChI is InChI=1S/C26H32O11/c1-32-18-7-12(3-5-16(18)28)24-14-10-35-25(15(14)11-34-24)13-4-6-17(19(8-13)33-2)36-26-23(31)22(30)21(29)20(9-27)37-26/h3-8,14-15,20-31H,9-11H2,1-2H3/t14-,15-,20?,21?,22?,23?,24+,25+,26?/m0/s1. The van der Waals surface area contributed by atoms with Crippen molar-refractivity contribution in [3.63, 3.8) is 0 Å². The molecule has 9 atom stereocenters. The zero-order valence-electron chi connectivity index (χ0n) is 20.5. The van der Waals surface area contributed by atoms with E-state index in [9.17, 15) is 25.5 Å². The maximum Gasteiger partial charge on any atom is 0.229 e. The first-order valence-corrected chi connectivity index (χ1v) is 12.1. The van der Waals surface area contributed by atoms with Crippen LogP contribution in [-0.2, 0) is 14.2 Å². The molecular weight excluding hydrogens is 488 g/mol. The number of aliphatic hydroxyl groups excluding tert-OH is 4. The smallest absolute Gasteiger partial charge is 0.229 e. The minimum Gasteiger partial charge on any atom is -0.504 e. The zero-order valence-corrected chi connectivity index (χ0v) is 20.5. The summed E-state index contributed by atoms with van der Waals surface area (Å²) in [5, 5.41) is 49.7. The number of rotatable bonds is 7. The predicted octanol–water partition coefficient (Wildman–Crippen LogP) is 0.663. The molecule has 3 aliphatic rings. The van der Waals surface area contributed by atoms with E-state index >= 15 is 0 Å². The van der Waals surface area contributed by atoms with Crippen LogP contribution in [0.1, 0.15) is 23.3 Å².